The van der Waals surface area contributed by atoms with Gasteiger partial charge in [-0.05, 0) is 58.4 Å². The van der Waals surface area contributed by atoms with Gasteiger partial charge in [0.05, 0.1) is 4.47 Å². The van der Waals surface area contributed by atoms with E-state index in [-0.39, 0.29) is 0 Å². The maximum Gasteiger partial charge on any atom is 0.139 e. The van der Waals surface area contributed by atoms with Gasteiger partial charge in [0.2, 0.25) is 0 Å². The topological polar surface area (TPSA) is 38.0 Å². The maximum absolute atomic E-state index is 9.17. The first-order valence-electron chi connectivity index (χ1n) is 6.38. The molecule has 0 aliphatic carbocycles. The summed E-state index contributed by atoms with van der Waals surface area (Å²) in [7, 11) is 0. The van der Waals surface area contributed by atoms with Gasteiger partial charge in [0.15, 0.2) is 0 Å². The van der Waals surface area contributed by atoms with Gasteiger partial charge in [-0.15, -0.1) is 0 Å². The second kappa shape index (κ2) is 5.86. The van der Waals surface area contributed by atoms with Gasteiger partial charge in [0.1, 0.15) is 23.3 Å². The number of nitrogens with zero attached hydrogens (tertiary/aromatic N) is 2. The number of para-hydroxylation sites is 1. The van der Waals surface area contributed by atoms with Gasteiger partial charge in [-0.2, -0.15) is 5.26 Å². The number of rotatable bonds is 3. The molecule has 0 aliphatic heterocycles. The van der Waals surface area contributed by atoms with Crippen LogP contribution in [-0.2, 0) is 0 Å². The summed E-state index contributed by atoms with van der Waals surface area (Å²) in [4.78, 5) is 0. The summed E-state index contributed by atoms with van der Waals surface area (Å²) in [5, 5.41) is 9.17. The van der Waals surface area contributed by atoms with E-state index in [2.05, 4.69) is 22.0 Å². The lowest BCUT2D eigenvalue weighted by molar-refractivity contribution is 0.482. The molecule has 3 nitrogen and oxygen atoms in total. The van der Waals surface area contributed by atoms with Crippen LogP contribution in [-0.4, -0.2) is 4.57 Å². The summed E-state index contributed by atoms with van der Waals surface area (Å²) in [6, 6.07) is 21.3. The molecule has 0 saturated heterocycles. The Balaban J connectivity index is 1.86. The van der Waals surface area contributed by atoms with Crippen molar-refractivity contribution >= 4 is 15.9 Å². The highest BCUT2D eigenvalue weighted by Crippen LogP contribution is 2.25. The minimum Gasteiger partial charge on any atom is -0.457 e. The summed E-state index contributed by atoms with van der Waals surface area (Å²) in [5.74, 6) is 1.56. The highest BCUT2D eigenvalue weighted by Gasteiger charge is 2.08. The summed E-state index contributed by atoms with van der Waals surface area (Å²) < 4.78 is 8.36. The van der Waals surface area contributed by atoms with Crippen molar-refractivity contribution in [3.8, 4) is 23.3 Å². The number of hydrogen-bond acceptors (Lipinski definition) is 2. The van der Waals surface area contributed by atoms with E-state index < -0.39 is 0 Å². The fraction of sp³-hybridized carbons (Fsp3) is 0. The van der Waals surface area contributed by atoms with Gasteiger partial charge in [0.25, 0.3) is 0 Å². The van der Waals surface area contributed by atoms with Crippen LogP contribution in [0.25, 0.3) is 5.69 Å². The first-order valence-corrected chi connectivity index (χ1v) is 7.17. The molecule has 0 unspecified atom stereocenters. The standard InChI is InChI=1S/C17H11BrN2O/c18-16-10-11-20(17(16)12-19)13-6-8-15(9-7-13)21-14-4-2-1-3-5-14/h1-11H. The molecule has 0 spiro atoms. The fourth-order valence-corrected chi connectivity index (χ4v) is 2.43. The van der Waals surface area contributed by atoms with Gasteiger partial charge in [-0.3, -0.25) is 0 Å². The van der Waals surface area contributed by atoms with E-state index in [1.807, 2.05) is 71.4 Å². The van der Waals surface area contributed by atoms with Crippen LogP contribution in [0.3, 0.4) is 0 Å². The Hall–Kier alpha value is -2.51. The predicted octanol–water partition coefficient (Wildman–Crippen LogP) is 4.90. The molecule has 0 radical (unpaired) electrons. The molecule has 0 atom stereocenters. The zero-order valence-corrected chi connectivity index (χ0v) is 12.6. The van der Waals surface area contributed by atoms with E-state index in [4.69, 9.17) is 4.74 Å². The van der Waals surface area contributed by atoms with E-state index in [9.17, 15) is 5.26 Å². The Bertz CT molecular complexity index is 786. The molecule has 1 heterocycles. The number of hydrogen-bond donors (Lipinski definition) is 0. The second-order valence-electron chi connectivity index (χ2n) is 4.40. The second-order valence-corrected chi connectivity index (χ2v) is 5.26. The third kappa shape index (κ3) is 2.83. The Labute approximate surface area is 131 Å². The number of nitriles is 1. The van der Waals surface area contributed by atoms with Gasteiger partial charge < -0.3 is 9.30 Å². The zero-order chi connectivity index (χ0) is 14.7. The van der Waals surface area contributed by atoms with Crippen molar-refractivity contribution < 1.29 is 4.74 Å². The Morgan fingerprint density at radius 2 is 1.57 bits per heavy atom. The van der Waals surface area contributed by atoms with Gasteiger partial charge in [-0.25, -0.2) is 0 Å². The first kappa shape index (κ1) is 13.5. The van der Waals surface area contributed by atoms with Crippen molar-refractivity contribution in [1.82, 2.24) is 4.57 Å². The normalized spacial score (nSPS) is 10.1. The average Bonchev–Trinajstić information content (AvgIpc) is 2.90. The third-order valence-electron chi connectivity index (χ3n) is 3.04. The summed E-state index contributed by atoms with van der Waals surface area (Å²) in [6.45, 7) is 0. The summed E-state index contributed by atoms with van der Waals surface area (Å²) >= 11 is 3.37. The minimum absolute atomic E-state index is 0.576. The highest BCUT2D eigenvalue weighted by molar-refractivity contribution is 9.10. The lowest BCUT2D eigenvalue weighted by atomic mass is 10.3. The molecule has 0 amide bonds. The largest absolute Gasteiger partial charge is 0.457 e. The molecule has 21 heavy (non-hydrogen) atoms. The third-order valence-corrected chi connectivity index (χ3v) is 3.68. The lowest BCUT2D eigenvalue weighted by Crippen LogP contribution is -1.95. The molecule has 0 fully saturated rings. The molecule has 4 heteroatoms. The molecular formula is C17H11BrN2O. The quantitative estimate of drug-likeness (QED) is 0.680. The first-order chi connectivity index (χ1) is 10.3. The molecule has 3 aromatic rings. The Kier molecular flexibility index (Phi) is 3.76. The van der Waals surface area contributed by atoms with E-state index in [1.165, 1.54) is 0 Å². The van der Waals surface area contributed by atoms with Crippen LogP contribution in [0.15, 0.2) is 71.3 Å². The number of aromatic nitrogens is 1. The predicted molar refractivity (Wildman–Crippen MR) is 84.7 cm³/mol. The van der Waals surface area contributed by atoms with Crippen molar-refractivity contribution in [3.63, 3.8) is 0 Å². The molecule has 0 saturated carbocycles. The molecule has 2 aromatic carbocycles. The summed E-state index contributed by atoms with van der Waals surface area (Å²) in [5.41, 5.74) is 1.49. The van der Waals surface area contributed by atoms with Crippen molar-refractivity contribution in [1.29, 1.82) is 5.26 Å². The highest BCUT2D eigenvalue weighted by atomic mass is 79.9. The Morgan fingerprint density at radius 3 is 2.24 bits per heavy atom. The average molecular weight is 339 g/mol. The van der Waals surface area contributed by atoms with Crippen LogP contribution < -0.4 is 4.74 Å². The van der Waals surface area contributed by atoms with Crippen LogP contribution >= 0.6 is 15.9 Å². The molecular weight excluding hydrogens is 328 g/mol. The van der Waals surface area contributed by atoms with E-state index >= 15 is 0 Å². The van der Waals surface area contributed by atoms with Gasteiger partial charge in [-0.1, -0.05) is 18.2 Å². The van der Waals surface area contributed by atoms with Gasteiger partial charge in [0, 0.05) is 11.9 Å². The molecule has 0 N–H and O–H groups in total. The smallest absolute Gasteiger partial charge is 0.139 e. The van der Waals surface area contributed by atoms with Crippen LogP contribution in [0, 0.1) is 11.3 Å². The SMILES string of the molecule is N#Cc1c(Br)ccn1-c1ccc(Oc2ccccc2)cc1. The van der Waals surface area contributed by atoms with Crippen LogP contribution in [0.2, 0.25) is 0 Å². The molecule has 0 aliphatic rings. The zero-order valence-electron chi connectivity index (χ0n) is 11.0. The number of halogens is 1. The monoisotopic (exact) mass is 338 g/mol. The van der Waals surface area contributed by atoms with Crippen molar-refractivity contribution in [2.75, 3.05) is 0 Å². The van der Waals surface area contributed by atoms with Gasteiger partial charge >= 0.3 is 0 Å². The van der Waals surface area contributed by atoms with E-state index in [1.54, 1.807) is 0 Å². The molecule has 3 rings (SSSR count). The van der Waals surface area contributed by atoms with Crippen LogP contribution in [0.5, 0.6) is 11.5 Å². The molecule has 1 aromatic heterocycles. The maximum atomic E-state index is 9.17. The molecule has 102 valence electrons. The van der Waals surface area contributed by atoms with Crippen LogP contribution in [0.1, 0.15) is 5.69 Å². The Morgan fingerprint density at radius 1 is 0.905 bits per heavy atom. The lowest BCUT2D eigenvalue weighted by Gasteiger charge is -2.08. The van der Waals surface area contributed by atoms with E-state index in [0.29, 0.717) is 5.69 Å². The number of ether oxygens (including phenoxy) is 1. The summed E-state index contributed by atoms with van der Waals surface area (Å²) in [6.07, 6.45) is 1.86. The minimum atomic E-state index is 0.576. The van der Waals surface area contributed by atoms with Crippen molar-refractivity contribution in [2.45, 2.75) is 0 Å². The fourth-order valence-electron chi connectivity index (χ4n) is 2.03. The number of benzene rings is 2. The molecule has 0 bridgehead atoms. The van der Waals surface area contributed by atoms with Crippen molar-refractivity contribution in [2.24, 2.45) is 0 Å². The van der Waals surface area contributed by atoms with Crippen LogP contribution in [0.4, 0.5) is 0 Å². The van der Waals surface area contributed by atoms with Crippen molar-refractivity contribution in [3.05, 3.63) is 77.0 Å². The van der Waals surface area contributed by atoms with E-state index in [0.717, 1.165) is 21.7 Å².